The summed E-state index contributed by atoms with van der Waals surface area (Å²) in [5.41, 5.74) is 14.1. The third kappa shape index (κ3) is 5.91. The molecule has 272 valence electrons. The minimum atomic E-state index is 1.10. The maximum Gasteiger partial charge on any atom is 0.0542 e. The molecule has 58 heavy (non-hydrogen) atoms. The molecule has 0 amide bonds. The Labute approximate surface area is 338 Å². The Morgan fingerprint density at radius 2 is 0.810 bits per heavy atom. The summed E-state index contributed by atoms with van der Waals surface area (Å²) in [4.78, 5) is 2.41. The molecule has 11 aromatic rings. The molecule has 0 aliphatic rings. The zero-order valence-electron chi connectivity index (χ0n) is 31.8. The minimum absolute atomic E-state index is 1.10. The Hall–Kier alpha value is -7.68. The number of para-hydroxylation sites is 3. The Morgan fingerprint density at radius 3 is 1.55 bits per heavy atom. The number of fused-ring (bicyclic) bond motifs is 5. The molecule has 10 aromatic carbocycles. The van der Waals surface area contributed by atoms with Crippen molar-refractivity contribution in [1.82, 2.24) is 4.57 Å². The van der Waals surface area contributed by atoms with E-state index in [1.165, 1.54) is 76.7 Å². The molecular formula is C56H38N2. The van der Waals surface area contributed by atoms with Gasteiger partial charge in [0.05, 0.1) is 16.7 Å². The van der Waals surface area contributed by atoms with Gasteiger partial charge in [-0.05, 0) is 122 Å². The van der Waals surface area contributed by atoms with Gasteiger partial charge in [-0.2, -0.15) is 0 Å². The molecule has 2 nitrogen and oxygen atoms in total. The first-order valence-corrected chi connectivity index (χ1v) is 19.9. The minimum Gasteiger partial charge on any atom is -0.310 e. The molecule has 0 spiro atoms. The number of benzene rings is 10. The molecule has 0 aliphatic carbocycles. The molecule has 0 aliphatic heterocycles. The van der Waals surface area contributed by atoms with E-state index < -0.39 is 0 Å². The summed E-state index contributed by atoms with van der Waals surface area (Å²) in [5.74, 6) is 0. The van der Waals surface area contributed by atoms with Crippen LogP contribution in [-0.4, -0.2) is 4.57 Å². The Bertz CT molecular complexity index is 3270. The number of nitrogens with zero attached hydrogens (tertiary/aromatic N) is 2. The summed E-state index contributed by atoms with van der Waals surface area (Å²) >= 11 is 0. The molecule has 0 fully saturated rings. The summed E-state index contributed by atoms with van der Waals surface area (Å²) in [5, 5.41) is 7.44. The van der Waals surface area contributed by atoms with Gasteiger partial charge in [0.1, 0.15) is 0 Å². The Kier molecular flexibility index (Phi) is 8.19. The third-order valence-electron chi connectivity index (χ3n) is 11.5. The van der Waals surface area contributed by atoms with E-state index in [0.29, 0.717) is 0 Å². The number of anilines is 3. The van der Waals surface area contributed by atoms with Gasteiger partial charge in [-0.1, -0.05) is 158 Å². The Morgan fingerprint density at radius 1 is 0.293 bits per heavy atom. The van der Waals surface area contributed by atoms with Gasteiger partial charge in [0.2, 0.25) is 0 Å². The number of aromatic nitrogens is 1. The lowest BCUT2D eigenvalue weighted by Crippen LogP contribution is -2.11. The van der Waals surface area contributed by atoms with Gasteiger partial charge in [-0.15, -0.1) is 0 Å². The second-order valence-corrected chi connectivity index (χ2v) is 15.0. The van der Waals surface area contributed by atoms with Gasteiger partial charge < -0.3 is 9.47 Å². The third-order valence-corrected chi connectivity index (χ3v) is 11.5. The Balaban J connectivity index is 1.01. The average Bonchev–Trinajstić information content (AvgIpc) is 3.63. The average molecular weight is 739 g/mol. The number of hydrogen-bond acceptors (Lipinski definition) is 1. The van der Waals surface area contributed by atoms with E-state index in [1.54, 1.807) is 0 Å². The van der Waals surface area contributed by atoms with E-state index in [4.69, 9.17) is 0 Å². The lowest BCUT2D eigenvalue weighted by atomic mass is 9.96. The first-order valence-electron chi connectivity index (χ1n) is 19.9. The van der Waals surface area contributed by atoms with Gasteiger partial charge in [0, 0.05) is 33.4 Å². The van der Waals surface area contributed by atoms with Crippen LogP contribution in [0.15, 0.2) is 231 Å². The lowest BCUT2D eigenvalue weighted by molar-refractivity contribution is 1.18. The van der Waals surface area contributed by atoms with Crippen molar-refractivity contribution in [2.24, 2.45) is 0 Å². The van der Waals surface area contributed by atoms with Crippen LogP contribution in [0.25, 0.3) is 82.4 Å². The van der Waals surface area contributed by atoms with Gasteiger partial charge in [0.25, 0.3) is 0 Å². The zero-order valence-corrected chi connectivity index (χ0v) is 31.8. The van der Waals surface area contributed by atoms with Crippen LogP contribution in [-0.2, 0) is 0 Å². The zero-order chi connectivity index (χ0) is 38.4. The quantitative estimate of drug-likeness (QED) is 0.158. The molecule has 11 rings (SSSR count). The standard InChI is InChI=1S/C56H38N2/c1-3-14-41(15-4-1)51-19-9-11-21-54(51)57(50-33-34-56-53(38-50)52-20-10-12-22-55(52)58(56)48-17-5-2-6-18-48)49-31-29-40(30-32-49)43-25-26-46-37-47(28-27-45(46)36-43)44-24-23-39-13-7-8-16-42(39)35-44/h1-38H. The van der Waals surface area contributed by atoms with Crippen molar-refractivity contribution in [1.29, 1.82) is 0 Å². The van der Waals surface area contributed by atoms with Crippen molar-refractivity contribution < 1.29 is 0 Å². The number of hydrogen-bond donors (Lipinski definition) is 0. The predicted molar refractivity (Wildman–Crippen MR) is 247 cm³/mol. The van der Waals surface area contributed by atoms with Crippen LogP contribution in [0.2, 0.25) is 0 Å². The first kappa shape index (κ1) is 33.6. The van der Waals surface area contributed by atoms with Crippen LogP contribution in [0.5, 0.6) is 0 Å². The lowest BCUT2D eigenvalue weighted by Gasteiger charge is -2.28. The fourth-order valence-electron chi connectivity index (χ4n) is 8.69. The van der Waals surface area contributed by atoms with Gasteiger partial charge in [0.15, 0.2) is 0 Å². The summed E-state index contributed by atoms with van der Waals surface area (Å²) in [6.07, 6.45) is 0. The first-order chi connectivity index (χ1) is 28.7. The largest absolute Gasteiger partial charge is 0.310 e. The molecule has 1 aromatic heterocycles. The normalized spacial score (nSPS) is 11.4. The second kappa shape index (κ2) is 14.1. The predicted octanol–water partition coefficient (Wildman–Crippen LogP) is 15.6. The molecule has 0 saturated carbocycles. The smallest absolute Gasteiger partial charge is 0.0542 e. The van der Waals surface area contributed by atoms with Crippen molar-refractivity contribution in [2.45, 2.75) is 0 Å². The molecular weight excluding hydrogens is 701 g/mol. The SMILES string of the molecule is c1ccc(-c2ccccc2N(c2ccc(-c3ccc4cc(-c5ccc6ccccc6c5)ccc4c3)cc2)c2ccc3c(c2)c2ccccc2n3-c2ccccc2)cc1. The van der Waals surface area contributed by atoms with E-state index in [1.807, 2.05) is 0 Å². The molecule has 0 unspecified atom stereocenters. The maximum absolute atomic E-state index is 2.41. The van der Waals surface area contributed by atoms with Crippen LogP contribution in [0.1, 0.15) is 0 Å². The summed E-state index contributed by atoms with van der Waals surface area (Å²) in [6.45, 7) is 0. The van der Waals surface area contributed by atoms with E-state index in [2.05, 4.69) is 240 Å². The van der Waals surface area contributed by atoms with E-state index >= 15 is 0 Å². The summed E-state index contributed by atoms with van der Waals surface area (Å²) < 4.78 is 2.37. The highest BCUT2D eigenvalue weighted by Gasteiger charge is 2.20. The van der Waals surface area contributed by atoms with Crippen molar-refractivity contribution in [2.75, 3.05) is 4.90 Å². The molecule has 0 N–H and O–H groups in total. The van der Waals surface area contributed by atoms with Crippen molar-refractivity contribution in [3.05, 3.63) is 231 Å². The van der Waals surface area contributed by atoms with Crippen molar-refractivity contribution in [3.8, 4) is 39.1 Å². The van der Waals surface area contributed by atoms with Crippen LogP contribution in [0.4, 0.5) is 17.1 Å². The monoisotopic (exact) mass is 738 g/mol. The molecule has 2 heteroatoms. The highest BCUT2D eigenvalue weighted by atomic mass is 15.1. The van der Waals surface area contributed by atoms with Crippen LogP contribution >= 0.6 is 0 Å². The van der Waals surface area contributed by atoms with E-state index in [0.717, 1.165) is 22.7 Å². The van der Waals surface area contributed by atoms with Gasteiger partial charge in [-0.3, -0.25) is 0 Å². The fourth-order valence-corrected chi connectivity index (χ4v) is 8.69. The van der Waals surface area contributed by atoms with Crippen LogP contribution in [0, 0.1) is 0 Å². The highest BCUT2D eigenvalue weighted by Crippen LogP contribution is 2.44. The molecule has 0 bridgehead atoms. The summed E-state index contributed by atoms with van der Waals surface area (Å²) in [7, 11) is 0. The summed E-state index contributed by atoms with van der Waals surface area (Å²) in [6, 6.07) is 83.7. The molecule has 0 saturated heterocycles. The van der Waals surface area contributed by atoms with Crippen molar-refractivity contribution in [3.63, 3.8) is 0 Å². The molecule has 0 radical (unpaired) electrons. The fraction of sp³-hybridized carbons (Fsp3) is 0. The second-order valence-electron chi connectivity index (χ2n) is 15.0. The van der Waals surface area contributed by atoms with Gasteiger partial charge >= 0.3 is 0 Å². The van der Waals surface area contributed by atoms with Gasteiger partial charge in [-0.25, -0.2) is 0 Å². The molecule has 1 heterocycles. The van der Waals surface area contributed by atoms with E-state index in [-0.39, 0.29) is 0 Å². The maximum atomic E-state index is 2.41. The van der Waals surface area contributed by atoms with Crippen LogP contribution in [0.3, 0.4) is 0 Å². The van der Waals surface area contributed by atoms with Crippen LogP contribution < -0.4 is 4.90 Å². The van der Waals surface area contributed by atoms with E-state index in [9.17, 15) is 0 Å². The van der Waals surface area contributed by atoms with Crippen molar-refractivity contribution >= 4 is 60.4 Å². The molecule has 0 atom stereocenters. The number of rotatable bonds is 7. The topological polar surface area (TPSA) is 8.17 Å². The highest BCUT2D eigenvalue weighted by molar-refractivity contribution is 6.11.